The van der Waals surface area contributed by atoms with Crippen LogP contribution in [-0.2, 0) is 13.1 Å². The van der Waals surface area contributed by atoms with Gasteiger partial charge in [-0.1, -0.05) is 34.7 Å². The standard InChI is InChI=1S/C19H18N8O.C18H20N8.CCl2O/c1-19(2)11-26(18(28)23-19)15-9-21-16-17(22-15)27(25-24-16)10-12-5-6-14-13(8-12)4-3-7-20-14;1-18(2,19)11-22-15-9-21-16-17(23-15)26(25-24-16)10-12-5-6-14-13(8-12)4-3-7-20-14;2-1(3)4/h3-9H,10-11H2,1-2H3,(H,23,28);3-9H,10-11,19H2,1-2H3,(H,22,23);. The molecule has 8 aromatic rings. The molecular formula is C38H38Cl2N16O2. The van der Waals surface area contributed by atoms with E-state index in [-0.39, 0.29) is 17.1 Å². The number of fused-ring (bicyclic) bond motifs is 4. The van der Waals surface area contributed by atoms with E-state index in [9.17, 15) is 4.79 Å². The summed E-state index contributed by atoms with van der Waals surface area (Å²) in [6, 6.07) is 19.9. The summed E-state index contributed by atoms with van der Waals surface area (Å²) in [6.07, 6.45) is 6.78. The highest BCUT2D eigenvalue weighted by Gasteiger charge is 2.36. The maximum atomic E-state index is 12.3. The number of benzene rings is 2. The van der Waals surface area contributed by atoms with Gasteiger partial charge in [-0.3, -0.25) is 19.7 Å². The van der Waals surface area contributed by atoms with Gasteiger partial charge in [-0.15, -0.1) is 10.2 Å². The Labute approximate surface area is 341 Å². The molecule has 6 aromatic heterocycles. The lowest BCUT2D eigenvalue weighted by molar-refractivity contribution is 0.248. The van der Waals surface area contributed by atoms with Gasteiger partial charge in [-0.25, -0.2) is 34.1 Å². The lowest BCUT2D eigenvalue weighted by atomic mass is 10.1. The number of pyridine rings is 2. The van der Waals surface area contributed by atoms with Crippen LogP contribution in [0, 0.1) is 0 Å². The second-order valence-electron chi connectivity index (χ2n) is 14.8. The number of aromatic nitrogens is 12. The van der Waals surface area contributed by atoms with Crippen molar-refractivity contribution in [2.75, 3.05) is 23.3 Å². The summed E-state index contributed by atoms with van der Waals surface area (Å²) in [5.41, 5.74) is 11.6. The molecule has 4 N–H and O–H groups in total. The minimum Gasteiger partial charge on any atom is -0.367 e. The van der Waals surface area contributed by atoms with E-state index in [0.717, 1.165) is 32.9 Å². The number of nitrogens with two attached hydrogens (primary N) is 1. The summed E-state index contributed by atoms with van der Waals surface area (Å²) in [7, 11) is 0. The number of hydrogen-bond donors (Lipinski definition) is 3. The Morgan fingerprint density at radius 3 is 1.88 bits per heavy atom. The van der Waals surface area contributed by atoms with Crippen LogP contribution in [0.3, 0.4) is 0 Å². The summed E-state index contributed by atoms with van der Waals surface area (Å²) in [4.78, 5) is 49.4. The fourth-order valence-corrected chi connectivity index (χ4v) is 6.09. The quantitative estimate of drug-likeness (QED) is 0.157. The first-order chi connectivity index (χ1) is 27.7. The van der Waals surface area contributed by atoms with Crippen molar-refractivity contribution in [3.8, 4) is 0 Å². The zero-order valence-corrected chi connectivity index (χ0v) is 33.4. The van der Waals surface area contributed by atoms with Gasteiger partial charge in [0.05, 0.1) is 48.6 Å². The first-order valence-corrected chi connectivity index (χ1v) is 18.7. The zero-order valence-electron chi connectivity index (χ0n) is 31.9. The van der Waals surface area contributed by atoms with Crippen LogP contribution >= 0.6 is 23.2 Å². The highest BCUT2D eigenvalue weighted by atomic mass is 35.5. The number of amides is 2. The fourth-order valence-electron chi connectivity index (χ4n) is 6.09. The second-order valence-corrected chi connectivity index (χ2v) is 15.7. The molecule has 58 heavy (non-hydrogen) atoms. The largest absolute Gasteiger partial charge is 0.367 e. The van der Waals surface area contributed by atoms with Gasteiger partial charge in [0.15, 0.2) is 17.1 Å². The maximum absolute atomic E-state index is 12.3. The minimum atomic E-state index is -0.889. The van der Waals surface area contributed by atoms with Crippen molar-refractivity contribution in [2.45, 2.75) is 51.9 Å². The number of nitrogens with one attached hydrogen (secondary N) is 2. The molecule has 0 bridgehead atoms. The number of carbonyl (C=O) groups is 2. The van der Waals surface area contributed by atoms with Gasteiger partial charge in [-0.05, 0) is 98.4 Å². The second kappa shape index (κ2) is 16.5. The van der Waals surface area contributed by atoms with E-state index in [0.29, 0.717) is 60.4 Å². The Morgan fingerprint density at radius 2 is 1.36 bits per heavy atom. The molecule has 0 unspecified atom stereocenters. The number of urea groups is 1. The lowest BCUT2D eigenvalue weighted by Crippen LogP contribution is -2.39. The molecule has 0 atom stereocenters. The summed E-state index contributed by atoms with van der Waals surface area (Å²) in [5.74, 6) is 1.14. The summed E-state index contributed by atoms with van der Waals surface area (Å²) in [5, 5.41) is 24.9. The van der Waals surface area contributed by atoms with Crippen molar-refractivity contribution in [3.05, 3.63) is 96.6 Å². The van der Waals surface area contributed by atoms with Gasteiger partial charge >= 0.3 is 10.7 Å². The van der Waals surface area contributed by atoms with Gasteiger partial charge in [-0.2, -0.15) is 0 Å². The van der Waals surface area contributed by atoms with Crippen molar-refractivity contribution in [1.29, 1.82) is 0 Å². The number of anilines is 2. The number of nitrogens with zero attached hydrogens (tertiary/aromatic N) is 13. The smallest absolute Gasteiger partial charge is 0.323 e. The Bertz CT molecular complexity index is 2760. The highest BCUT2D eigenvalue weighted by Crippen LogP contribution is 2.23. The topological polar surface area (TPSA) is 226 Å². The summed E-state index contributed by atoms with van der Waals surface area (Å²) >= 11 is 8.80. The van der Waals surface area contributed by atoms with Crippen LogP contribution in [0.2, 0.25) is 0 Å². The molecule has 0 saturated carbocycles. The molecular weight excluding hydrogens is 783 g/mol. The number of carbonyl (C=O) groups excluding carboxylic acids is 2. The van der Waals surface area contributed by atoms with Crippen molar-refractivity contribution in [2.24, 2.45) is 5.73 Å². The predicted octanol–water partition coefficient (Wildman–Crippen LogP) is 5.68. The molecule has 0 spiro atoms. The molecule has 0 aliphatic carbocycles. The molecule has 1 aliphatic rings. The number of hydrogen-bond acceptors (Lipinski definition) is 14. The molecule has 2 aromatic carbocycles. The van der Waals surface area contributed by atoms with Crippen LogP contribution in [0.15, 0.2) is 85.5 Å². The van der Waals surface area contributed by atoms with Crippen LogP contribution in [0.5, 0.6) is 0 Å². The number of rotatable bonds is 8. The van der Waals surface area contributed by atoms with E-state index >= 15 is 0 Å². The Kier molecular flexibility index (Phi) is 11.3. The zero-order chi connectivity index (χ0) is 41.0. The summed E-state index contributed by atoms with van der Waals surface area (Å²) in [6.45, 7) is 10.0. The van der Waals surface area contributed by atoms with E-state index in [1.54, 1.807) is 39.1 Å². The minimum absolute atomic E-state index is 0.181. The van der Waals surface area contributed by atoms with Crippen LogP contribution in [-0.4, -0.2) is 94.8 Å². The monoisotopic (exact) mass is 820 g/mol. The van der Waals surface area contributed by atoms with E-state index in [4.69, 9.17) is 10.5 Å². The van der Waals surface area contributed by atoms with Gasteiger partial charge in [0, 0.05) is 35.2 Å². The SMILES string of the molecule is CC(C)(N)CNc1cnc2nnn(Cc3ccc4ncccc4c3)c2n1.CC1(C)CN(c2cnc3nnn(Cc4ccc5ncccc5c4)c3n2)C(=O)N1.O=C(Cl)Cl. The molecule has 2 amide bonds. The van der Waals surface area contributed by atoms with Gasteiger partial charge in [0.1, 0.15) is 5.82 Å². The molecule has 9 rings (SSSR count). The van der Waals surface area contributed by atoms with Crippen molar-refractivity contribution < 1.29 is 9.59 Å². The molecule has 18 nitrogen and oxygen atoms in total. The Morgan fingerprint density at radius 1 is 0.828 bits per heavy atom. The van der Waals surface area contributed by atoms with Crippen LogP contribution in [0.25, 0.3) is 44.4 Å². The first kappa shape index (κ1) is 39.7. The van der Waals surface area contributed by atoms with E-state index in [1.165, 1.54) is 0 Å². The van der Waals surface area contributed by atoms with Crippen molar-refractivity contribution >= 4 is 90.0 Å². The predicted molar refractivity (Wildman–Crippen MR) is 222 cm³/mol. The van der Waals surface area contributed by atoms with E-state index < -0.39 is 4.70 Å². The first-order valence-electron chi connectivity index (χ1n) is 18.0. The Hall–Kier alpha value is -6.50. The average molecular weight is 822 g/mol. The molecule has 7 heterocycles. The van der Waals surface area contributed by atoms with Crippen LogP contribution in [0.1, 0.15) is 38.8 Å². The average Bonchev–Trinajstić information content (AvgIpc) is 3.86. The maximum Gasteiger partial charge on any atom is 0.323 e. The van der Waals surface area contributed by atoms with Crippen molar-refractivity contribution in [3.63, 3.8) is 0 Å². The Balaban J connectivity index is 0.000000162. The van der Waals surface area contributed by atoms with Gasteiger partial charge < -0.3 is 16.4 Å². The van der Waals surface area contributed by atoms with E-state index in [2.05, 4.69) is 96.5 Å². The molecule has 296 valence electrons. The van der Waals surface area contributed by atoms with Gasteiger partial charge in [0.25, 0.3) is 0 Å². The molecule has 1 fully saturated rings. The third-order valence-electron chi connectivity index (χ3n) is 8.69. The van der Waals surface area contributed by atoms with Crippen LogP contribution in [0.4, 0.5) is 21.2 Å². The van der Waals surface area contributed by atoms with E-state index in [1.807, 2.05) is 76.2 Å². The summed E-state index contributed by atoms with van der Waals surface area (Å²) < 4.78 is 2.56. The molecule has 1 aliphatic heterocycles. The fraction of sp³-hybridized carbons (Fsp3) is 0.263. The number of halogens is 2. The van der Waals surface area contributed by atoms with Crippen LogP contribution < -0.4 is 21.3 Å². The molecule has 20 heteroatoms. The third-order valence-corrected chi connectivity index (χ3v) is 8.69. The normalized spacial score (nSPS) is 13.6. The van der Waals surface area contributed by atoms with Crippen molar-refractivity contribution in [1.82, 2.24) is 65.2 Å². The molecule has 0 radical (unpaired) electrons. The lowest BCUT2D eigenvalue weighted by Gasteiger charge is -2.19. The molecule has 1 saturated heterocycles. The van der Waals surface area contributed by atoms with Gasteiger partial charge in [0.2, 0.25) is 11.3 Å². The third kappa shape index (κ3) is 9.71. The highest BCUT2D eigenvalue weighted by molar-refractivity contribution is 6.93.